The van der Waals surface area contributed by atoms with Crippen molar-refractivity contribution in [1.82, 2.24) is 5.32 Å². The predicted molar refractivity (Wildman–Crippen MR) is 45.7 cm³/mol. The molecule has 0 aliphatic rings. The van der Waals surface area contributed by atoms with E-state index in [0.29, 0.717) is 6.29 Å². The van der Waals surface area contributed by atoms with E-state index in [2.05, 4.69) is 10.4 Å². The fourth-order valence-electron chi connectivity index (χ4n) is 0.430. The molecule has 0 radical (unpaired) electrons. The first-order chi connectivity index (χ1) is 5.35. The molecule has 62 valence electrons. The highest BCUT2D eigenvalue weighted by atomic mass is 32.2. The smallest absolute Gasteiger partial charge is 0.171 e. The summed E-state index contributed by atoms with van der Waals surface area (Å²) in [6.45, 7) is 0.786. The van der Waals surface area contributed by atoms with E-state index in [9.17, 15) is 4.79 Å². The zero-order valence-corrected chi connectivity index (χ0v) is 7.15. The molecule has 0 heterocycles. The van der Waals surface area contributed by atoms with Gasteiger partial charge in [0.25, 0.3) is 0 Å². The normalized spacial score (nSPS) is 10.8. The molecule has 0 fully saturated rings. The number of allylic oxidation sites excluding steroid dienone is 1. The number of nitrogens with zero attached hydrogens (tertiary/aromatic N) is 1. The number of hydrogen-bond donors (Lipinski definition) is 2. The summed E-state index contributed by atoms with van der Waals surface area (Å²) in [5.41, 5.74) is 6.64. The third-order valence-electron chi connectivity index (χ3n) is 0.950. The van der Waals surface area contributed by atoms with Crippen LogP contribution in [0.2, 0.25) is 0 Å². The second-order valence-corrected chi connectivity index (χ2v) is 2.73. The van der Waals surface area contributed by atoms with Crippen LogP contribution in [0.25, 0.3) is 0 Å². The molecule has 0 aromatic rings. The quantitative estimate of drug-likeness (QED) is 0.273. The van der Waals surface area contributed by atoms with Gasteiger partial charge in [0.05, 0.1) is 0 Å². The molecule has 0 aromatic heterocycles. The van der Waals surface area contributed by atoms with Crippen molar-refractivity contribution in [3.05, 3.63) is 11.9 Å². The topological polar surface area (TPSA) is 65.3 Å². The summed E-state index contributed by atoms with van der Waals surface area (Å²) in [6, 6.07) is 0. The Morgan fingerprint density at radius 2 is 2.55 bits per heavy atom. The minimum absolute atomic E-state index is 0.117. The molecule has 11 heavy (non-hydrogen) atoms. The molecule has 0 aliphatic heterocycles. The highest BCUT2D eigenvalue weighted by Gasteiger charge is 1.87. The lowest BCUT2D eigenvalue weighted by Gasteiger charge is -1.96. The van der Waals surface area contributed by atoms with Gasteiger partial charge in [-0.15, -0.1) is 0 Å². The lowest BCUT2D eigenvalue weighted by atomic mass is 10.5. The zero-order valence-electron chi connectivity index (χ0n) is 6.33. The summed E-state index contributed by atoms with van der Waals surface area (Å²) in [6.07, 6.45) is 3.98. The maximum atomic E-state index is 10.1. The van der Waals surface area contributed by atoms with Gasteiger partial charge in [-0.2, -0.15) is 16.9 Å². The molecule has 0 bridgehead atoms. The second kappa shape index (κ2) is 7.27. The Balaban J connectivity index is 3.53. The van der Waals surface area contributed by atoms with E-state index in [1.165, 1.54) is 6.20 Å². The van der Waals surface area contributed by atoms with E-state index in [4.69, 9.17) is 5.53 Å². The molecule has 0 aliphatic carbocycles. The average Bonchev–Trinajstić information content (AvgIpc) is 2.05. The molecule has 4 nitrogen and oxygen atoms in total. The summed E-state index contributed by atoms with van der Waals surface area (Å²) >= 11 is 1.71. The Bertz CT molecular complexity index is 148. The minimum atomic E-state index is 0.117. The molecule has 0 saturated heterocycles. The van der Waals surface area contributed by atoms with Gasteiger partial charge < -0.3 is 5.32 Å². The van der Waals surface area contributed by atoms with Gasteiger partial charge in [-0.1, -0.05) is 0 Å². The largest absolute Gasteiger partial charge is 0.388 e. The molecule has 0 rings (SSSR count). The second-order valence-electron chi connectivity index (χ2n) is 1.75. The fraction of sp³-hybridized carbons (Fsp3) is 0.500. The molecular weight excluding hydrogens is 162 g/mol. The van der Waals surface area contributed by atoms with Gasteiger partial charge in [0, 0.05) is 18.5 Å². The van der Waals surface area contributed by atoms with Crippen LogP contribution in [0.1, 0.15) is 0 Å². The monoisotopic (exact) mass is 173 g/mol. The molecule has 0 atom stereocenters. The maximum Gasteiger partial charge on any atom is 0.171 e. The van der Waals surface area contributed by atoms with Gasteiger partial charge >= 0.3 is 0 Å². The molecule has 2 N–H and O–H groups in total. The van der Waals surface area contributed by atoms with Crippen molar-refractivity contribution in [3.8, 4) is 0 Å². The van der Waals surface area contributed by atoms with Gasteiger partial charge in [0.2, 0.25) is 0 Å². The van der Waals surface area contributed by atoms with Crippen molar-refractivity contribution >= 4 is 18.0 Å². The number of carbonyl (C=O) groups excluding carboxylic acids is 1. The Morgan fingerprint density at radius 3 is 3.00 bits per heavy atom. The molecule has 0 unspecified atom stereocenters. The van der Waals surface area contributed by atoms with Crippen LogP contribution in [0.4, 0.5) is 0 Å². The first-order valence-electron chi connectivity index (χ1n) is 3.10. The van der Waals surface area contributed by atoms with E-state index in [1.54, 1.807) is 11.8 Å². The van der Waals surface area contributed by atoms with Crippen LogP contribution in [0, 0.1) is 5.53 Å². The van der Waals surface area contributed by atoms with Crippen LogP contribution in [0.3, 0.4) is 0 Å². The molecule has 5 heteroatoms. The Kier molecular flexibility index (Phi) is 6.71. The summed E-state index contributed by atoms with van der Waals surface area (Å²) in [4.78, 5) is 10.1. The number of hydrogen-bond acceptors (Lipinski definition) is 5. The summed E-state index contributed by atoms with van der Waals surface area (Å²) < 4.78 is 0. The van der Waals surface area contributed by atoms with Crippen LogP contribution in [-0.2, 0) is 4.79 Å². The first kappa shape index (κ1) is 10.2. The van der Waals surface area contributed by atoms with E-state index in [0.717, 1.165) is 12.3 Å². The number of carbonyl (C=O) groups is 1. The summed E-state index contributed by atoms with van der Waals surface area (Å²) in [7, 11) is 0. The van der Waals surface area contributed by atoms with E-state index >= 15 is 0 Å². The number of aldehydes is 1. The van der Waals surface area contributed by atoms with Gasteiger partial charge in [-0.3, -0.25) is 4.79 Å². The van der Waals surface area contributed by atoms with Gasteiger partial charge in [0.1, 0.15) is 5.70 Å². The van der Waals surface area contributed by atoms with Crippen molar-refractivity contribution in [2.24, 2.45) is 5.11 Å². The molecule has 0 amide bonds. The predicted octanol–water partition coefficient (Wildman–Crippen LogP) is 1.01. The highest BCUT2D eigenvalue weighted by molar-refractivity contribution is 7.98. The van der Waals surface area contributed by atoms with Crippen LogP contribution < -0.4 is 5.32 Å². The first-order valence-corrected chi connectivity index (χ1v) is 4.49. The molecule has 0 spiro atoms. The van der Waals surface area contributed by atoms with Crippen molar-refractivity contribution in [1.29, 1.82) is 5.53 Å². The molecule has 0 saturated carbocycles. The Morgan fingerprint density at radius 1 is 1.82 bits per heavy atom. The van der Waals surface area contributed by atoms with Crippen LogP contribution in [0.5, 0.6) is 0 Å². The Hall–Kier alpha value is -0.840. The van der Waals surface area contributed by atoms with E-state index in [1.807, 2.05) is 6.26 Å². The SMILES string of the molecule is CSCCN/C=C(/C=O)N=N. The average molecular weight is 173 g/mol. The zero-order chi connectivity index (χ0) is 8.53. The van der Waals surface area contributed by atoms with Crippen molar-refractivity contribution < 1.29 is 4.79 Å². The number of thioether (sulfide) groups is 1. The van der Waals surface area contributed by atoms with Gasteiger partial charge in [0.15, 0.2) is 6.29 Å². The lowest BCUT2D eigenvalue weighted by Crippen LogP contribution is -2.10. The summed E-state index contributed by atoms with van der Waals surface area (Å²) in [5.74, 6) is 0.973. The third kappa shape index (κ3) is 5.60. The van der Waals surface area contributed by atoms with Crippen molar-refractivity contribution in [3.63, 3.8) is 0 Å². The maximum absolute atomic E-state index is 10.1. The van der Waals surface area contributed by atoms with Gasteiger partial charge in [-0.05, 0) is 6.26 Å². The molecular formula is C6H11N3OS. The molecule has 0 aromatic carbocycles. The minimum Gasteiger partial charge on any atom is -0.388 e. The van der Waals surface area contributed by atoms with Crippen LogP contribution >= 0.6 is 11.8 Å². The van der Waals surface area contributed by atoms with Crippen LogP contribution in [-0.4, -0.2) is 24.8 Å². The fourth-order valence-corrected chi connectivity index (χ4v) is 0.752. The van der Waals surface area contributed by atoms with E-state index in [-0.39, 0.29) is 5.70 Å². The van der Waals surface area contributed by atoms with Crippen LogP contribution in [0.15, 0.2) is 17.0 Å². The van der Waals surface area contributed by atoms with Crippen molar-refractivity contribution in [2.45, 2.75) is 0 Å². The number of nitrogens with one attached hydrogen (secondary N) is 2. The van der Waals surface area contributed by atoms with Crippen molar-refractivity contribution in [2.75, 3.05) is 18.6 Å². The van der Waals surface area contributed by atoms with Gasteiger partial charge in [-0.25, -0.2) is 5.53 Å². The number of rotatable bonds is 6. The highest BCUT2D eigenvalue weighted by Crippen LogP contribution is 1.89. The van der Waals surface area contributed by atoms with E-state index < -0.39 is 0 Å². The Labute approximate surface area is 69.9 Å². The third-order valence-corrected chi connectivity index (χ3v) is 1.56. The summed E-state index contributed by atoms with van der Waals surface area (Å²) in [5, 5.41) is 5.84. The lowest BCUT2D eigenvalue weighted by molar-refractivity contribution is -0.105. The standard InChI is InChI=1S/C6H11N3OS/c1-11-3-2-8-4-6(5-10)9-7/h4-5,7-8H,2-3H2,1H3/b6-4-,9-7?.